The molecule has 0 bridgehead atoms. The second-order valence-electron chi connectivity index (χ2n) is 2.64. The van der Waals surface area contributed by atoms with E-state index in [4.69, 9.17) is 0 Å². The van der Waals surface area contributed by atoms with Crippen LogP contribution in [0.2, 0.25) is 0 Å². The number of amides is 1. The van der Waals surface area contributed by atoms with Crippen molar-refractivity contribution in [3.8, 4) is 0 Å². The quantitative estimate of drug-likeness (QED) is 0.660. The second-order valence-corrected chi connectivity index (χ2v) is 2.64. The van der Waals surface area contributed by atoms with Gasteiger partial charge < -0.3 is 0 Å². The number of benzene rings is 1. The molecule has 0 heterocycles. The average molecular weight is 162 g/mol. The smallest absolute Gasteiger partial charge is 0.238 e. The first kappa shape index (κ1) is 8.78. The van der Waals surface area contributed by atoms with Crippen LogP contribution in [0, 0.1) is 0 Å². The molecular weight excluding hydrogens is 150 g/mol. The molecule has 0 spiro atoms. The maximum Gasteiger partial charge on any atom is 0.238 e. The van der Waals surface area contributed by atoms with Crippen LogP contribution in [0.3, 0.4) is 0 Å². The van der Waals surface area contributed by atoms with Gasteiger partial charge in [-0.1, -0.05) is 30.3 Å². The summed E-state index contributed by atoms with van der Waals surface area (Å²) in [6.45, 7) is 2.07. The van der Waals surface area contributed by atoms with Gasteiger partial charge in [0.25, 0.3) is 0 Å². The number of carbonyl (C=O) groups is 1. The van der Waals surface area contributed by atoms with Gasteiger partial charge in [-0.15, -0.1) is 0 Å². The number of rotatable bonds is 3. The van der Waals surface area contributed by atoms with E-state index in [2.05, 4.69) is 5.32 Å². The van der Waals surface area contributed by atoms with Crippen molar-refractivity contribution < 1.29 is 4.79 Å². The molecule has 0 saturated heterocycles. The summed E-state index contributed by atoms with van der Waals surface area (Å²) < 4.78 is 0. The normalized spacial score (nSPS) is 9.42. The Morgan fingerprint density at radius 2 is 2.00 bits per heavy atom. The van der Waals surface area contributed by atoms with Gasteiger partial charge in [0.15, 0.2) is 0 Å². The zero-order chi connectivity index (χ0) is 8.81. The van der Waals surface area contributed by atoms with E-state index in [0.29, 0.717) is 6.54 Å². The highest BCUT2D eigenvalue weighted by atomic mass is 16.1. The van der Waals surface area contributed by atoms with E-state index in [1.807, 2.05) is 30.3 Å². The molecule has 1 rings (SSSR count). The van der Waals surface area contributed by atoms with Crippen LogP contribution < -0.4 is 5.32 Å². The van der Waals surface area contributed by atoms with Gasteiger partial charge in [-0.25, -0.2) is 0 Å². The molecule has 12 heavy (non-hydrogen) atoms. The lowest BCUT2D eigenvalue weighted by atomic mass is 10.1. The average Bonchev–Trinajstić information content (AvgIpc) is 2.05. The summed E-state index contributed by atoms with van der Waals surface area (Å²) in [7, 11) is 0. The van der Waals surface area contributed by atoms with Gasteiger partial charge in [0, 0.05) is 13.5 Å². The van der Waals surface area contributed by atoms with Crippen LogP contribution in [0.1, 0.15) is 12.5 Å². The maximum atomic E-state index is 10.5. The van der Waals surface area contributed by atoms with Crippen molar-refractivity contribution in [1.29, 1.82) is 0 Å². The Kier molecular flexibility index (Phi) is 3.33. The SMILES string of the molecule is CC(=O)[N]CCc1ccccc1. The van der Waals surface area contributed by atoms with E-state index >= 15 is 0 Å². The van der Waals surface area contributed by atoms with Gasteiger partial charge in [-0.2, -0.15) is 0 Å². The predicted octanol–water partition coefficient (Wildman–Crippen LogP) is 1.38. The highest BCUT2D eigenvalue weighted by molar-refractivity contribution is 5.72. The fraction of sp³-hybridized carbons (Fsp3) is 0.300. The van der Waals surface area contributed by atoms with E-state index in [1.54, 1.807) is 0 Å². The Balaban J connectivity index is 2.29. The van der Waals surface area contributed by atoms with Crippen molar-refractivity contribution in [1.82, 2.24) is 5.32 Å². The monoisotopic (exact) mass is 162 g/mol. The van der Waals surface area contributed by atoms with E-state index < -0.39 is 0 Å². The minimum Gasteiger partial charge on any atom is -0.273 e. The van der Waals surface area contributed by atoms with Crippen LogP contribution in [0.5, 0.6) is 0 Å². The fourth-order valence-corrected chi connectivity index (χ4v) is 0.987. The van der Waals surface area contributed by atoms with Crippen molar-refractivity contribution in [3.05, 3.63) is 35.9 Å². The second kappa shape index (κ2) is 4.54. The molecular formula is C10H12NO. The highest BCUT2D eigenvalue weighted by Crippen LogP contribution is 1.98. The summed E-state index contributed by atoms with van der Waals surface area (Å²) in [6, 6.07) is 10.0. The first-order valence-electron chi connectivity index (χ1n) is 4.01. The molecule has 0 N–H and O–H groups in total. The lowest BCUT2D eigenvalue weighted by molar-refractivity contribution is -0.119. The fourth-order valence-electron chi connectivity index (χ4n) is 0.987. The summed E-state index contributed by atoms with van der Waals surface area (Å²) in [5.74, 6) is -0.0917. The Morgan fingerprint density at radius 3 is 2.58 bits per heavy atom. The van der Waals surface area contributed by atoms with Gasteiger partial charge in [-0.05, 0) is 12.0 Å². The van der Waals surface area contributed by atoms with E-state index in [9.17, 15) is 4.79 Å². The van der Waals surface area contributed by atoms with Gasteiger partial charge in [-0.3, -0.25) is 10.1 Å². The number of nitrogens with zero attached hydrogens (tertiary/aromatic N) is 1. The third-order valence-electron chi connectivity index (χ3n) is 1.58. The van der Waals surface area contributed by atoms with Crippen LogP contribution in [-0.4, -0.2) is 12.5 Å². The summed E-state index contributed by atoms with van der Waals surface area (Å²) in [4.78, 5) is 10.5. The summed E-state index contributed by atoms with van der Waals surface area (Å²) in [5, 5.41) is 3.78. The molecule has 0 saturated carbocycles. The van der Waals surface area contributed by atoms with Crippen molar-refractivity contribution in [2.24, 2.45) is 0 Å². The van der Waals surface area contributed by atoms with Crippen LogP contribution >= 0.6 is 0 Å². The minimum absolute atomic E-state index is 0.0917. The van der Waals surface area contributed by atoms with Crippen LogP contribution in [0.15, 0.2) is 30.3 Å². The highest BCUT2D eigenvalue weighted by Gasteiger charge is 1.94. The summed E-state index contributed by atoms with van der Waals surface area (Å²) >= 11 is 0. The largest absolute Gasteiger partial charge is 0.273 e. The van der Waals surface area contributed by atoms with Crippen LogP contribution in [-0.2, 0) is 11.2 Å². The van der Waals surface area contributed by atoms with Crippen molar-refractivity contribution >= 4 is 5.91 Å². The topological polar surface area (TPSA) is 31.2 Å². The van der Waals surface area contributed by atoms with Crippen molar-refractivity contribution in [2.45, 2.75) is 13.3 Å². The number of carbonyl (C=O) groups excluding carboxylic acids is 1. The number of hydrogen-bond acceptors (Lipinski definition) is 1. The van der Waals surface area contributed by atoms with Gasteiger partial charge in [0.05, 0.1) is 0 Å². The molecule has 1 radical (unpaired) electrons. The van der Waals surface area contributed by atoms with Crippen molar-refractivity contribution in [3.63, 3.8) is 0 Å². The Hall–Kier alpha value is -1.31. The molecule has 63 valence electrons. The molecule has 2 heteroatoms. The minimum atomic E-state index is -0.0917. The first-order valence-corrected chi connectivity index (χ1v) is 4.01. The lowest BCUT2D eigenvalue weighted by Crippen LogP contribution is -2.14. The molecule has 1 amide bonds. The molecule has 0 aliphatic heterocycles. The van der Waals surface area contributed by atoms with Crippen LogP contribution in [0.4, 0.5) is 0 Å². The maximum absolute atomic E-state index is 10.5. The molecule has 2 nitrogen and oxygen atoms in total. The summed E-state index contributed by atoms with van der Waals surface area (Å²) in [6.07, 6.45) is 0.848. The van der Waals surface area contributed by atoms with Gasteiger partial charge >= 0.3 is 0 Å². The predicted molar refractivity (Wildman–Crippen MR) is 47.8 cm³/mol. The number of hydrogen-bond donors (Lipinski definition) is 0. The third-order valence-corrected chi connectivity index (χ3v) is 1.58. The van der Waals surface area contributed by atoms with E-state index in [0.717, 1.165) is 6.42 Å². The molecule has 0 unspecified atom stereocenters. The van der Waals surface area contributed by atoms with Gasteiger partial charge in [0.1, 0.15) is 0 Å². The first-order chi connectivity index (χ1) is 5.79. The van der Waals surface area contributed by atoms with E-state index in [-0.39, 0.29) is 5.91 Å². The zero-order valence-corrected chi connectivity index (χ0v) is 7.16. The lowest BCUT2D eigenvalue weighted by Gasteiger charge is -1.98. The Bertz CT molecular complexity index is 243. The molecule has 1 aromatic rings. The molecule has 0 atom stereocenters. The zero-order valence-electron chi connectivity index (χ0n) is 7.16. The third kappa shape index (κ3) is 3.19. The summed E-state index contributed by atoms with van der Waals surface area (Å²) in [5.41, 5.74) is 1.22. The van der Waals surface area contributed by atoms with E-state index in [1.165, 1.54) is 12.5 Å². The molecule has 1 aromatic carbocycles. The van der Waals surface area contributed by atoms with Crippen LogP contribution in [0.25, 0.3) is 0 Å². The van der Waals surface area contributed by atoms with Gasteiger partial charge in [0.2, 0.25) is 5.91 Å². The molecule has 0 fully saturated rings. The molecule has 0 aliphatic carbocycles. The molecule has 0 aliphatic rings. The molecule has 0 aromatic heterocycles. The Labute approximate surface area is 72.6 Å². The standard InChI is InChI=1S/C10H12NO/c1-9(12)11-8-7-10-5-3-2-4-6-10/h2-6H,7-8H2,1H3. The van der Waals surface area contributed by atoms with Crippen molar-refractivity contribution in [2.75, 3.05) is 6.54 Å². The Morgan fingerprint density at radius 1 is 1.33 bits per heavy atom.